The topological polar surface area (TPSA) is 140 Å². The van der Waals surface area contributed by atoms with Gasteiger partial charge in [-0.05, 0) is 67.1 Å². The van der Waals surface area contributed by atoms with Gasteiger partial charge < -0.3 is 15.0 Å². The minimum atomic E-state index is -3.86. The van der Waals surface area contributed by atoms with Gasteiger partial charge in [0.15, 0.2) is 0 Å². The average molecular weight is 505 g/mol. The molecule has 4 N–H and O–H groups in total. The lowest BCUT2D eigenvalue weighted by Crippen LogP contribution is -2.17. The van der Waals surface area contributed by atoms with Crippen LogP contribution in [0.2, 0.25) is 0 Å². The van der Waals surface area contributed by atoms with Gasteiger partial charge in [0.2, 0.25) is 16.0 Å². The molecule has 0 saturated carbocycles. The van der Waals surface area contributed by atoms with Crippen LogP contribution >= 0.6 is 0 Å². The number of anilines is 5. The lowest BCUT2D eigenvalue weighted by molar-refractivity contribution is 0.215. The molecule has 0 aliphatic carbocycles. The van der Waals surface area contributed by atoms with E-state index >= 15 is 0 Å². The smallest absolute Gasteiger partial charge is 0.410 e. The third kappa shape index (κ3) is 6.14. The van der Waals surface area contributed by atoms with Crippen LogP contribution in [-0.4, -0.2) is 31.5 Å². The van der Waals surface area contributed by atoms with Gasteiger partial charge in [0, 0.05) is 30.3 Å². The summed E-state index contributed by atoms with van der Waals surface area (Å²) in [5.41, 5.74) is 2.42. The van der Waals surface area contributed by atoms with Gasteiger partial charge in [-0.25, -0.2) is 23.3 Å². The molecule has 0 spiro atoms. The summed E-state index contributed by atoms with van der Waals surface area (Å²) in [4.78, 5) is 22.7. The van der Waals surface area contributed by atoms with Crippen LogP contribution in [0.15, 0.2) is 90.0 Å². The summed E-state index contributed by atoms with van der Waals surface area (Å²) in [5.74, 6) is 1.33. The molecule has 0 aliphatic heterocycles. The molecule has 1 aromatic heterocycles. The third-order valence-electron chi connectivity index (χ3n) is 5.19. The van der Waals surface area contributed by atoms with E-state index in [1.54, 1.807) is 67.7 Å². The van der Waals surface area contributed by atoms with Crippen LogP contribution < -0.4 is 25.4 Å². The molecule has 1 heterocycles. The number of nitrogens with zero attached hydrogens (tertiary/aromatic N) is 3. The highest BCUT2D eigenvalue weighted by molar-refractivity contribution is 7.89. The number of aromatic nitrogens is 2. The molecule has 184 valence electrons. The molecule has 3 aromatic carbocycles. The number of sulfonamides is 1. The average Bonchev–Trinajstić information content (AvgIpc) is 2.85. The van der Waals surface area contributed by atoms with E-state index in [0.29, 0.717) is 28.5 Å². The lowest BCUT2D eigenvalue weighted by atomic mass is 10.2. The number of carbonyl (C=O) groups excluding carboxylic acids is 1. The van der Waals surface area contributed by atoms with Gasteiger partial charge in [0.05, 0.1) is 4.90 Å². The number of primary sulfonamides is 1. The summed E-state index contributed by atoms with van der Waals surface area (Å²) in [6, 6.07) is 22.5. The number of rotatable bonds is 7. The van der Waals surface area contributed by atoms with Crippen molar-refractivity contribution in [3.8, 4) is 5.75 Å². The van der Waals surface area contributed by atoms with Crippen LogP contribution in [0.5, 0.6) is 5.75 Å². The quantitative estimate of drug-likeness (QED) is 0.333. The van der Waals surface area contributed by atoms with Crippen molar-refractivity contribution in [2.75, 3.05) is 22.6 Å². The van der Waals surface area contributed by atoms with E-state index in [2.05, 4.69) is 20.6 Å². The molecule has 1 amide bonds. The zero-order valence-corrected chi connectivity index (χ0v) is 20.4. The number of hydrogen-bond donors (Lipinski definition) is 3. The summed E-state index contributed by atoms with van der Waals surface area (Å²) in [5, 5.41) is 11.0. The van der Waals surface area contributed by atoms with Crippen molar-refractivity contribution in [2.24, 2.45) is 5.14 Å². The van der Waals surface area contributed by atoms with E-state index in [0.717, 1.165) is 5.69 Å². The van der Waals surface area contributed by atoms with Gasteiger partial charge >= 0.3 is 6.09 Å². The minimum Gasteiger partial charge on any atom is -0.410 e. The molecule has 4 aromatic rings. The van der Waals surface area contributed by atoms with E-state index in [1.165, 1.54) is 6.07 Å². The Hall–Kier alpha value is -4.48. The lowest BCUT2D eigenvalue weighted by Gasteiger charge is -2.19. The van der Waals surface area contributed by atoms with Crippen molar-refractivity contribution in [3.05, 3.63) is 90.6 Å². The number of ether oxygens (including phenoxy) is 1. The van der Waals surface area contributed by atoms with Crippen LogP contribution in [0.1, 0.15) is 5.56 Å². The second kappa shape index (κ2) is 10.4. The maximum atomic E-state index is 12.1. The van der Waals surface area contributed by atoms with Crippen molar-refractivity contribution in [3.63, 3.8) is 0 Å². The van der Waals surface area contributed by atoms with Crippen molar-refractivity contribution in [1.29, 1.82) is 0 Å². The summed E-state index contributed by atoms with van der Waals surface area (Å²) in [6.45, 7) is 1.67. The third-order valence-corrected chi connectivity index (χ3v) is 6.24. The molecule has 11 heteroatoms. The molecule has 0 fully saturated rings. The summed E-state index contributed by atoms with van der Waals surface area (Å²) in [6.07, 6.45) is 1.00. The summed E-state index contributed by atoms with van der Waals surface area (Å²) >= 11 is 0. The molecule has 0 radical (unpaired) electrons. The maximum absolute atomic E-state index is 12.1. The van der Waals surface area contributed by atoms with Gasteiger partial charge in [-0.1, -0.05) is 24.3 Å². The van der Waals surface area contributed by atoms with Crippen molar-refractivity contribution < 1.29 is 17.9 Å². The highest BCUT2D eigenvalue weighted by Gasteiger charge is 2.13. The second-order valence-corrected chi connectivity index (χ2v) is 9.35. The number of nitrogens with one attached hydrogen (secondary N) is 2. The monoisotopic (exact) mass is 504 g/mol. The Morgan fingerprint density at radius 2 is 1.67 bits per heavy atom. The normalized spacial score (nSPS) is 11.0. The Bertz CT molecular complexity index is 1480. The number of carbonyl (C=O) groups is 1. The first kappa shape index (κ1) is 24.6. The molecule has 0 atom stereocenters. The first-order valence-corrected chi connectivity index (χ1v) is 12.3. The highest BCUT2D eigenvalue weighted by atomic mass is 32.2. The fourth-order valence-corrected chi connectivity index (χ4v) is 4.16. The number of hydrogen-bond acceptors (Lipinski definition) is 8. The molecule has 4 rings (SSSR count). The Labute approximate surface area is 208 Å². The molecular weight excluding hydrogens is 480 g/mol. The van der Waals surface area contributed by atoms with Gasteiger partial charge in [0.1, 0.15) is 11.6 Å². The Kier molecular flexibility index (Phi) is 7.13. The molecular formula is C25H24N6O4S. The van der Waals surface area contributed by atoms with Crippen LogP contribution in [-0.2, 0) is 10.0 Å². The SMILES string of the molecule is Cc1ccc(Nc2nccc(N(C)c3ccc(NC(=O)Oc4ccccc4)cc3)n2)cc1S(N)(=O)=O. The molecule has 0 unspecified atom stereocenters. The largest absolute Gasteiger partial charge is 0.417 e. The van der Waals surface area contributed by atoms with Crippen molar-refractivity contribution >= 4 is 44.9 Å². The zero-order chi connectivity index (χ0) is 25.7. The molecule has 0 saturated heterocycles. The summed E-state index contributed by atoms with van der Waals surface area (Å²) in [7, 11) is -2.02. The standard InChI is InChI=1S/C25H24N6O4S/c1-17-8-9-19(16-22(17)36(26,33)34)28-24-27-15-14-23(30-24)31(2)20-12-10-18(11-13-20)29-25(32)35-21-6-4-3-5-7-21/h3-16H,1-2H3,(H,29,32)(H2,26,33,34)(H,27,28,30). The summed E-state index contributed by atoms with van der Waals surface area (Å²) < 4.78 is 28.8. The van der Waals surface area contributed by atoms with Crippen LogP contribution in [0, 0.1) is 6.92 Å². The van der Waals surface area contributed by atoms with Crippen molar-refractivity contribution in [2.45, 2.75) is 11.8 Å². The Balaban J connectivity index is 1.44. The molecule has 10 nitrogen and oxygen atoms in total. The number of nitrogens with two attached hydrogens (primary N) is 1. The van der Waals surface area contributed by atoms with Gasteiger partial charge in [-0.3, -0.25) is 5.32 Å². The number of aryl methyl sites for hydroxylation is 1. The van der Waals surface area contributed by atoms with Gasteiger partial charge in [0.25, 0.3) is 0 Å². The first-order chi connectivity index (χ1) is 17.2. The Morgan fingerprint density at radius 3 is 2.36 bits per heavy atom. The number of para-hydroxylation sites is 1. The van der Waals surface area contributed by atoms with Crippen molar-refractivity contribution in [1.82, 2.24) is 9.97 Å². The highest BCUT2D eigenvalue weighted by Crippen LogP contribution is 2.26. The minimum absolute atomic E-state index is 0.0297. The predicted molar refractivity (Wildman–Crippen MR) is 138 cm³/mol. The van der Waals surface area contributed by atoms with E-state index < -0.39 is 16.1 Å². The zero-order valence-electron chi connectivity index (χ0n) is 19.5. The molecule has 36 heavy (non-hydrogen) atoms. The molecule has 0 aliphatic rings. The van der Waals surface area contributed by atoms with E-state index in [1.807, 2.05) is 30.1 Å². The maximum Gasteiger partial charge on any atom is 0.417 e. The van der Waals surface area contributed by atoms with Crippen LogP contribution in [0.25, 0.3) is 0 Å². The van der Waals surface area contributed by atoms with E-state index in [-0.39, 0.29) is 10.8 Å². The fraction of sp³-hybridized carbons (Fsp3) is 0.0800. The number of benzene rings is 3. The van der Waals surface area contributed by atoms with Crippen LogP contribution in [0.4, 0.5) is 33.6 Å². The number of amides is 1. The van der Waals surface area contributed by atoms with Gasteiger partial charge in [-0.15, -0.1) is 0 Å². The van der Waals surface area contributed by atoms with Crippen LogP contribution in [0.3, 0.4) is 0 Å². The first-order valence-electron chi connectivity index (χ1n) is 10.8. The van der Waals surface area contributed by atoms with Gasteiger partial charge in [-0.2, -0.15) is 4.98 Å². The predicted octanol–water partition coefficient (Wildman–Crippen LogP) is 4.55. The fourth-order valence-electron chi connectivity index (χ4n) is 3.35. The van der Waals surface area contributed by atoms with E-state index in [9.17, 15) is 13.2 Å². The van der Waals surface area contributed by atoms with E-state index in [4.69, 9.17) is 9.88 Å². The second-order valence-electron chi connectivity index (χ2n) is 7.82. The Morgan fingerprint density at radius 1 is 0.972 bits per heavy atom. The molecule has 0 bridgehead atoms.